The van der Waals surface area contributed by atoms with Crippen LogP contribution in [0.4, 0.5) is 0 Å². The molecule has 0 aromatic rings. The Morgan fingerprint density at radius 1 is 0.493 bits per heavy atom. The monoisotopic (exact) mass is 1040 g/mol. The minimum absolute atomic E-state index is 0.00926. The van der Waals surface area contributed by atoms with Crippen LogP contribution in [-0.2, 0) is 18.4 Å². The summed E-state index contributed by atoms with van der Waals surface area (Å²) in [6, 6.07) is -0.909. The standard InChI is InChI=1S/C64H117N2O6P/c1-6-8-10-12-14-16-18-20-22-24-26-28-30-31-32-33-34-35-36-38-40-42-44-46-48-50-52-54-56-58-64(68)65-62(61-72-73(69,70)71-60-59-66(3,4)5)63(67)57-55-53-51-49-47-45-43-41-39-37-29-27-25-23-21-19-17-15-13-11-9-7-2/h8,10,14,16,20,22,26,28,31-32,47,49,55,57,62-63,67H,6-7,9,11-13,15,17-19,21,23-25,27,29-30,33-46,48,50-54,56,58-61H2,1-5H3,(H-,65,68,69,70)/b10-8-,16-14-,22-20-,28-26-,32-31-,49-47+,57-55+. The van der Waals surface area contributed by atoms with Gasteiger partial charge in [0.1, 0.15) is 13.2 Å². The van der Waals surface area contributed by atoms with Crippen LogP contribution in [0.15, 0.2) is 85.1 Å². The molecule has 0 aromatic heterocycles. The molecule has 0 aliphatic heterocycles. The minimum atomic E-state index is -4.61. The normalized spacial score (nSPS) is 14.5. The molecule has 0 saturated heterocycles. The van der Waals surface area contributed by atoms with Gasteiger partial charge in [-0.05, 0) is 77.0 Å². The largest absolute Gasteiger partial charge is 0.756 e. The lowest BCUT2D eigenvalue weighted by atomic mass is 10.0. The van der Waals surface area contributed by atoms with E-state index < -0.39 is 26.6 Å². The molecule has 0 rings (SSSR count). The fourth-order valence-electron chi connectivity index (χ4n) is 8.61. The number of nitrogens with one attached hydrogen (secondary N) is 1. The average molecular weight is 1040 g/mol. The van der Waals surface area contributed by atoms with Crippen molar-refractivity contribution in [3.05, 3.63) is 85.1 Å². The van der Waals surface area contributed by atoms with E-state index in [9.17, 15) is 19.4 Å². The van der Waals surface area contributed by atoms with Crippen molar-refractivity contribution in [1.82, 2.24) is 5.32 Å². The molecular formula is C64H117N2O6P. The SMILES string of the molecule is CC/C=C\C/C=C\C/C=C\C/C=C\C/C=C\CCCCCCCCCCCCCCCC(=O)NC(COP(=O)([O-])OCC[N+](C)(C)C)C(O)/C=C/CC/C=C/CCCCCCCCCCCCCCCCCC. The van der Waals surface area contributed by atoms with E-state index in [-0.39, 0.29) is 12.5 Å². The second-order valence-corrected chi connectivity index (χ2v) is 23.1. The van der Waals surface area contributed by atoms with Gasteiger partial charge in [-0.1, -0.05) is 266 Å². The van der Waals surface area contributed by atoms with Gasteiger partial charge in [-0.15, -0.1) is 0 Å². The van der Waals surface area contributed by atoms with Crippen LogP contribution >= 0.6 is 7.82 Å². The number of hydrogen-bond donors (Lipinski definition) is 2. The van der Waals surface area contributed by atoms with Crippen LogP contribution in [-0.4, -0.2) is 68.5 Å². The van der Waals surface area contributed by atoms with Crippen molar-refractivity contribution in [2.24, 2.45) is 0 Å². The van der Waals surface area contributed by atoms with E-state index in [2.05, 4.69) is 92.1 Å². The maximum atomic E-state index is 13.0. The second kappa shape index (κ2) is 54.5. The van der Waals surface area contributed by atoms with E-state index in [1.165, 1.54) is 173 Å². The third-order valence-electron chi connectivity index (χ3n) is 13.3. The molecule has 0 spiro atoms. The summed E-state index contributed by atoms with van der Waals surface area (Å²) in [5.41, 5.74) is 0. The highest BCUT2D eigenvalue weighted by Gasteiger charge is 2.23. The number of allylic oxidation sites excluding steroid dienone is 13. The Hall–Kier alpha value is -2.32. The molecule has 0 aromatic carbocycles. The molecule has 0 bridgehead atoms. The van der Waals surface area contributed by atoms with Crippen molar-refractivity contribution >= 4 is 13.7 Å². The van der Waals surface area contributed by atoms with Gasteiger partial charge in [-0.2, -0.15) is 0 Å². The van der Waals surface area contributed by atoms with Gasteiger partial charge in [0.2, 0.25) is 5.91 Å². The molecule has 0 fully saturated rings. The Bertz CT molecular complexity index is 1460. The summed E-state index contributed by atoms with van der Waals surface area (Å²) in [4.78, 5) is 25.5. The van der Waals surface area contributed by atoms with Gasteiger partial charge >= 0.3 is 0 Å². The molecule has 2 N–H and O–H groups in total. The smallest absolute Gasteiger partial charge is 0.268 e. The number of phosphoric ester groups is 1. The van der Waals surface area contributed by atoms with Crippen molar-refractivity contribution in [2.75, 3.05) is 40.9 Å². The number of aliphatic hydroxyl groups is 1. The number of unbranched alkanes of at least 4 members (excludes halogenated alkanes) is 30. The highest BCUT2D eigenvalue weighted by Crippen LogP contribution is 2.38. The minimum Gasteiger partial charge on any atom is -0.756 e. The topological polar surface area (TPSA) is 108 Å². The van der Waals surface area contributed by atoms with E-state index in [0.717, 1.165) is 70.6 Å². The quantitative estimate of drug-likeness (QED) is 0.0272. The summed E-state index contributed by atoms with van der Waals surface area (Å²) in [7, 11) is 1.24. The summed E-state index contributed by atoms with van der Waals surface area (Å²) in [5.74, 6) is -0.209. The van der Waals surface area contributed by atoms with Gasteiger partial charge in [0.15, 0.2) is 0 Å². The first kappa shape index (κ1) is 70.7. The van der Waals surface area contributed by atoms with Crippen molar-refractivity contribution < 1.29 is 32.9 Å². The van der Waals surface area contributed by atoms with Gasteiger partial charge in [-0.3, -0.25) is 9.36 Å². The molecule has 9 heteroatoms. The van der Waals surface area contributed by atoms with Crippen molar-refractivity contribution in [3.63, 3.8) is 0 Å². The van der Waals surface area contributed by atoms with Gasteiger partial charge in [0.25, 0.3) is 7.82 Å². The number of carbonyl (C=O) groups is 1. The molecular weight excluding hydrogens is 924 g/mol. The van der Waals surface area contributed by atoms with Crippen molar-refractivity contribution in [1.29, 1.82) is 0 Å². The molecule has 0 radical (unpaired) electrons. The number of quaternary nitrogens is 1. The lowest BCUT2D eigenvalue weighted by molar-refractivity contribution is -0.870. The van der Waals surface area contributed by atoms with Crippen LogP contribution in [0.5, 0.6) is 0 Å². The Labute approximate surface area is 452 Å². The van der Waals surface area contributed by atoms with E-state index >= 15 is 0 Å². The molecule has 0 aliphatic rings. The Balaban J connectivity index is 4.21. The number of amides is 1. The van der Waals surface area contributed by atoms with Crippen LogP contribution in [0.1, 0.15) is 264 Å². The number of hydrogen-bond acceptors (Lipinski definition) is 6. The maximum Gasteiger partial charge on any atom is 0.268 e. The lowest BCUT2D eigenvalue weighted by Crippen LogP contribution is -2.45. The Morgan fingerprint density at radius 3 is 1.27 bits per heavy atom. The first-order valence-electron chi connectivity index (χ1n) is 30.4. The summed E-state index contributed by atoms with van der Waals surface area (Å²) >= 11 is 0. The number of nitrogens with zero attached hydrogens (tertiary/aromatic N) is 1. The number of likely N-dealkylation sites (N-methyl/N-ethyl adjacent to an activating group) is 1. The Kier molecular flexibility index (Phi) is 52.7. The number of carbonyl (C=O) groups excluding carboxylic acids is 1. The highest BCUT2D eigenvalue weighted by atomic mass is 31.2. The third-order valence-corrected chi connectivity index (χ3v) is 14.3. The molecule has 3 unspecified atom stereocenters. The maximum absolute atomic E-state index is 13.0. The summed E-state index contributed by atoms with van der Waals surface area (Å²) in [6.45, 7) is 4.53. The summed E-state index contributed by atoms with van der Waals surface area (Å²) in [5, 5.41) is 13.9. The molecule has 424 valence electrons. The second-order valence-electron chi connectivity index (χ2n) is 21.7. The first-order valence-corrected chi connectivity index (χ1v) is 31.9. The third kappa shape index (κ3) is 57.2. The zero-order valence-electron chi connectivity index (χ0n) is 48.3. The van der Waals surface area contributed by atoms with Crippen molar-refractivity contribution in [2.45, 2.75) is 276 Å². The molecule has 0 saturated carbocycles. The fraction of sp³-hybridized carbons (Fsp3) is 0.766. The number of phosphoric acid groups is 1. The van der Waals surface area contributed by atoms with Gasteiger partial charge in [0.05, 0.1) is 39.9 Å². The molecule has 1 amide bonds. The summed E-state index contributed by atoms with van der Waals surface area (Å²) in [6.07, 6.45) is 76.7. The van der Waals surface area contributed by atoms with Gasteiger partial charge < -0.3 is 28.8 Å². The first-order chi connectivity index (χ1) is 35.5. The van der Waals surface area contributed by atoms with Crippen LogP contribution < -0.4 is 10.2 Å². The van der Waals surface area contributed by atoms with Crippen LogP contribution in [0.25, 0.3) is 0 Å². The van der Waals surface area contributed by atoms with E-state index in [1.54, 1.807) is 6.08 Å². The molecule has 73 heavy (non-hydrogen) atoms. The van der Waals surface area contributed by atoms with Gasteiger partial charge in [0, 0.05) is 6.42 Å². The summed E-state index contributed by atoms with van der Waals surface area (Å²) < 4.78 is 23.4. The fourth-order valence-corrected chi connectivity index (χ4v) is 9.33. The van der Waals surface area contributed by atoms with E-state index in [1.807, 2.05) is 27.2 Å². The van der Waals surface area contributed by atoms with Crippen LogP contribution in [0.3, 0.4) is 0 Å². The Morgan fingerprint density at radius 2 is 0.849 bits per heavy atom. The molecule has 8 nitrogen and oxygen atoms in total. The molecule has 3 atom stereocenters. The lowest BCUT2D eigenvalue weighted by Gasteiger charge is -2.29. The van der Waals surface area contributed by atoms with Crippen molar-refractivity contribution in [3.8, 4) is 0 Å². The zero-order chi connectivity index (χ0) is 53.5. The zero-order valence-corrected chi connectivity index (χ0v) is 49.2. The predicted molar refractivity (Wildman–Crippen MR) is 316 cm³/mol. The average Bonchev–Trinajstić information content (AvgIpc) is 3.35. The highest BCUT2D eigenvalue weighted by molar-refractivity contribution is 7.45. The van der Waals surface area contributed by atoms with Crippen LogP contribution in [0, 0.1) is 0 Å². The predicted octanol–water partition coefficient (Wildman–Crippen LogP) is 18.2. The van der Waals surface area contributed by atoms with E-state index in [0.29, 0.717) is 17.4 Å². The number of rotatable bonds is 55. The molecule has 0 aliphatic carbocycles. The van der Waals surface area contributed by atoms with Crippen LogP contribution in [0.2, 0.25) is 0 Å². The van der Waals surface area contributed by atoms with Gasteiger partial charge in [-0.25, -0.2) is 0 Å². The molecule has 0 heterocycles. The van der Waals surface area contributed by atoms with E-state index in [4.69, 9.17) is 9.05 Å². The number of aliphatic hydroxyl groups excluding tert-OH is 1.